The Balaban J connectivity index is 1.63. The van der Waals surface area contributed by atoms with E-state index in [9.17, 15) is 4.79 Å². The van der Waals surface area contributed by atoms with Crippen LogP contribution in [0, 0.1) is 0 Å². The van der Waals surface area contributed by atoms with Crippen molar-refractivity contribution in [2.45, 2.75) is 6.54 Å². The summed E-state index contributed by atoms with van der Waals surface area (Å²) in [5, 5.41) is 2.49. The first-order valence-corrected chi connectivity index (χ1v) is 9.25. The van der Waals surface area contributed by atoms with E-state index < -0.39 is 0 Å². The number of thiazole rings is 1. The number of benzene rings is 1. The molecule has 0 fully saturated rings. The summed E-state index contributed by atoms with van der Waals surface area (Å²) in [4.78, 5) is 24.2. The Kier molecular flexibility index (Phi) is 4.44. The van der Waals surface area contributed by atoms with Crippen LogP contribution >= 0.6 is 22.9 Å². The highest BCUT2D eigenvalue weighted by Crippen LogP contribution is 2.26. The van der Waals surface area contributed by atoms with Crippen molar-refractivity contribution in [2.24, 2.45) is 0 Å². The third kappa shape index (κ3) is 3.21. The molecule has 0 N–H and O–H groups in total. The largest absolute Gasteiger partial charge is 0.334 e. The molecule has 4 rings (SSSR count). The lowest BCUT2D eigenvalue weighted by atomic mass is 10.2. The highest BCUT2D eigenvalue weighted by Gasteiger charge is 2.19. The predicted molar refractivity (Wildman–Crippen MR) is 104 cm³/mol. The van der Waals surface area contributed by atoms with E-state index in [1.807, 2.05) is 58.4 Å². The number of aromatic nitrogens is 3. The number of fused-ring (bicyclic) bond motifs is 1. The molecule has 0 radical (unpaired) electrons. The highest BCUT2D eigenvalue weighted by molar-refractivity contribution is 7.15. The van der Waals surface area contributed by atoms with E-state index in [0.29, 0.717) is 17.3 Å². The molecule has 26 heavy (non-hydrogen) atoms. The molecule has 0 aliphatic carbocycles. The maximum absolute atomic E-state index is 12.9. The number of nitrogens with zero attached hydrogens (tertiary/aromatic N) is 4. The first kappa shape index (κ1) is 16.8. The lowest BCUT2D eigenvalue weighted by molar-refractivity contribution is 0.0777. The summed E-state index contributed by atoms with van der Waals surface area (Å²) >= 11 is 7.51. The summed E-state index contributed by atoms with van der Waals surface area (Å²) in [6.45, 7) is 0.451. The lowest BCUT2D eigenvalue weighted by Gasteiger charge is -2.16. The fraction of sp³-hybridized carbons (Fsp3) is 0.105. The van der Waals surface area contributed by atoms with Gasteiger partial charge in [-0.05, 0) is 24.3 Å². The molecule has 0 aliphatic heterocycles. The van der Waals surface area contributed by atoms with Crippen LogP contribution in [0.15, 0.2) is 60.2 Å². The van der Waals surface area contributed by atoms with Crippen LogP contribution in [0.1, 0.15) is 16.2 Å². The number of rotatable bonds is 4. The molecule has 7 heteroatoms. The van der Waals surface area contributed by atoms with Crippen molar-refractivity contribution in [3.05, 3.63) is 76.6 Å². The number of hydrogen-bond acceptors (Lipinski definition) is 4. The number of carbonyl (C=O) groups is 1. The molecule has 0 saturated carbocycles. The zero-order valence-corrected chi connectivity index (χ0v) is 15.5. The molecular weight excluding hydrogens is 368 g/mol. The first-order valence-electron chi connectivity index (χ1n) is 8.00. The number of pyridine rings is 1. The molecule has 1 amide bonds. The zero-order valence-electron chi connectivity index (χ0n) is 14.0. The predicted octanol–water partition coefficient (Wildman–Crippen LogP) is 4.38. The maximum Gasteiger partial charge on any atom is 0.271 e. The van der Waals surface area contributed by atoms with Crippen LogP contribution in [0.25, 0.3) is 16.2 Å². The SMILES string of the molecule is CN(Cc1ccccn1)C(=O)c1csc2nc(-c3cccc(Cl)c3)cn12. The average molecular weight is 383 g/mol. The smallest absolute Gasteiger partial charge is 0.271 e. The molecular formula is C19H15ClN4OS. The van der Waals surface area contributed by atoms with Crippen LogP contribution in [0.5, 0.6) is 0 Å². The van der Waals surface area contributed by atoms with Gasteiger partial charge in [0.1, 0.15) is 5.69 Å². The van der Waals surface area contributed by atoms with Crippen molar-refractivity contribution in [1.82, 2.24) is 19.3 Å². The second-order valence-corrected chi connectivity index (χ2v) is 7.17. The van der Waals surface area contributed by atoms with Crippen molar-refractivity contribution in [3.63, 3.8) is 0 Å². The van der Waals surface area contributed by atoms with Gasteiger partial charge in [-0.25, -0.2) is 4.98 Å². The lowest BCUT2D eigenvalue weighted by Crippen LogP contribution is -2.27. The second kappa shape index (κ2) is 6.90. The second-order valence-electron chi connectivity index (χ2n) is 5.89. The van der Waals surface area contributed by atoms with Gasteiger partial charge in [0.25, 0.3) is 5.91 Å². The Morgan fingerprint density at radius 2 is 2.15 bits per heavy atom. The molecule has 0 spiro atoms. The Bertz CT molecular complexity index is 1070. The topological polar surface area (TPSA) is 50.5 Å². The van der Waals surface area contributed by atoms with Gasteiger partial charge < -0.3 is 4.90 Å². The normalized spacial score (nSPS) is 11.0. The minimum atomic E-state index is -0.0723. The molecule has 4 aromatic rings. The number of hydrogen-bond donors (Lipinski definition) is 0. The van der Waals surface area contributed by atoms with Gasteiger partial charge in [-0.2, -0.15) is 0 Å². The molecule has 0 aliphatic rings. The first-order chi connectivity index (χ1) is 12.6. The summed E-state index contributed by atoms with van der Waals surface area (Å²) < 4.78 is 1.83. The molecule has 0 bridgehead atoms. The van der Waals surface area contributed by atoms with Gasteiger partial charge >= 0.3 is 0 Å². The number of amides is 1. The van der Waals surface area contributed by atoms with E-state index in [1.54, 1.807) is 18.1 Å². The standard InChI is InChI=1S/C19H15ClN4OS/c1-23(10-15-7-2-3-8-21-15)18(25)17-12-26-19-22-16(11-24(17)19)13-5-4-6-14(20)9-13/h2-9,11-12H,10H2,1H3. The molecule has 130 valence electrons. The van der Waals surface area contributed by atoms with E-state index in [4.69, 9.17) is 11.6 Å². The van der Waals surface area contributed by atoms with E-state index in [1.165, 1.54) is 11.3 Å². The van der Waals surface area contributed by atoms with Gasteiger partial charge in [-0.3, -0.25) is 14.2 Å². The number of imidazole rings is 1. The molecule has 0 atom stereocenters. The minimum Gasteiger partial charge on any atom is -0.334 e. The Labute approximate surface area is 159 Å². The maximum atomic E-state index is 12.9. The van der Waals surface area contributed by atoms with Crippen LogP contribution in [0.4, 0.5) is 0 Å². The molecule has 1 aromatic carbocycles. The van der Waals surface area contributed by atoms with Gasteiger partial charge in [0, 0.05) is 35.4 Å². The minimum absolute atomic E-state index is 0.0723. The Morgan fingerprint density at radius 1 is 1.27 bits per heavy atom. The third-order valence-electron chi connectivity index (χ3n) is 4.02. The molecule has 3 heterocycles. The highest BCUT2D eigenvalue weighted by atomic mass is 35.5. The van der Waals surface area contributed by atoms with Crippen LogP contribution < -0.4 is 0 Å². The van der Waals surface area contributed by atoms with Crippen LogP contribution in [0.3, 0.4) is 0 Å². The van der Waals surface area contributed by atoms with Gasteiger partial charge in [0.05, 0.1) is 17.9 Å². The molecule has 3 aromatic heterocycles. The average Bonchev–Trinajstić information content (AvgIpc) is 3.22. The van der Waals surface area contributed by atoms with E-state index >= 15 is 0 Å². The van der Waals surface area contributed by atoms with Crippen molar-refractivity contribution in [3.8, 4) is 11.3 Å². The Morgan fingerprint density at radius 3 is 2.92 bits per heavy atom. The van der Waals surface area contributed by atoms with Gasteiger partial charge in [-0.1, -0.05) is 29.8 Å². The molecule has 0 unspecified atom stereocenters. The summed E-state index contributed by atoms with van der Waals surface area (Å²) in [6.07, 6.45) is 3.60. The summed E-state index contributed by atoms with van der Waals surface area (Å²) in [5.41, 5.74) is 3.15. The van der Waals surface area contributed by atoms with Crippen LogP contribution in [-0.4, -0.2) is 32.2 Å². The van der Waals surface area contributed by atoms with Crippen molar-refractivity contribution < 1.29 is 4.79 Å². The fourth-order valence-corrected chi connectivity index (χ4v) is 3.76. The van der Waals surface area contributed by atoms with Gasteiger partial charge in [0.15, 0.2) is 4.96 Å². The fourth-order valence-electron chi connectivity index (χ4n) is 2.73. The van der Waals surface area contributed by atoms with Crippen LogP contribution in [0.2, 0.25) is 5.02 Å². The molecule has 0 saturated heterocycles. The summed E-state index contributed by atoms with van der Waals surface area (Å²) in [6, 6.07) is 13.2. The van der Waals surface area contributed by atoms with E-state index in [-0.39, 0.29) is 5.91 Å². The van der Waals surface area contributed by atoms with E-state index in [0.717, 1.165) is 21.9 Å². The summed E-state index contributed by atoms with van der Waals surface area (Å²) in [7, 11) is 1.77. The van der Waals surface area contributed by atoms with Gasteiger partial charge in [0.2, 0.25) is 0 Å². The van der Waals surface area contributed by atoms with Crippen molar-refractivity contribution in [2.75, 3.05) is 7.05 Å². The third-order valence-corrected chi connectivity index (χ3v) is 5.10. The van der Waals surface area contributed by atoms with Crippen molar-refractivity contribution in [1.29, 1.82) is 0 Å². The van der Waals surface area contributed by atoms with Gasteiger partial charge in [-0.15, -0.1) is 11.3 Å². The quantitative estimate of drug-likeness (QED) is 0.526. The van der Waals surface area contributed by atoms with E-state index in [2.05, 4.69) is 9.97 Å². The monoisotopic (exact) mass is 382 g/mol. The van der Waals surface area contributed by atoms with Crippen molar-refractivity contribution >= 4 is 33.8 Å². The zero-order chi connectivity index (χ0) is 18.1. The summed E-state index contributed by atoms with van der Waals surface area (Å²) in [5.74, 6) is -0.0723. The number of carbonyl (C=O) groups excluding carboxylic acids is 1. The Hall–Kier alpha value is -2.70. The molecule has 5 nitrogen and oxygen atoms in total. The number of halogens is 1. The van der Waals surface area contributed by atoms with Crippen LogP contribution in [-0.2, 0) is 6.54 Å².